The molecule has 1 aliphatic heterocycles. The average Bonchev–Trinajstić information content (AvgIpc) is 2.39. The Morgan fingerprint density at radius 3 is 2.29 bits per heavy atom. The van der Waals surface area contributed by atoms with Crippen molar-refractivity contribution >= 4 is 27.3 Å². The number of hydrogen-bond acceptors (Lipinski definition) is 3. The lowest BCUT2D eigenvalue weighted by Crippen LogP contribution is -2.48. The van der Waals surface area contributed by atoms with Crippen LogP contribution in [0, 0.1) is 0 Å². The van der Waals surface area contributed by atoms with Crippen molar-refractivity contribution in [3.63, 3.8) is 0 Å². The van der Waals surface area contributed by atoms with Crippen LogP contribution in [-0.4, -0.2) is 46.5 Å². The molecule has 1 aromatic carbocycles. The summed E-state index contributed by atoms with van der Waals surface area (Å²) in [6.45, 7) is 7.05. The zero-order valence-electron chi connectivity index (χ0n) is 9.93. The SMILES string of the molecule is CCN1CCN([S+]([O-])c2ccc(Br)cc2)CC1. The molecule has 1 heterocycles. The smallest absolute Gasteiger partial charge is 0.174 e. The first-order valence-electron chi connectivity index (χ1n) is 5.85. The molecule has 0 aliphatic carbocycles. The Bertz CT molecular complexity index is 352. The van der Waals surface area contributed by atoms with E-state index < -0.39 is 11.4 Å². The average molecular weight is 317 g/mol. The van der Waals surface area contributed by atoms with Crippen LogP contribution in [0.1, 0.15) is 6.92 Å². The third kappa shape index (κ3) is 3.45. The first-order valence-corrected chi connectivity index (χ1v) is 7.75. The normalized spacial score (nSPS) is 20.4. The van der Waals surface area contributed by atoms with Gasteiger partial charge >= 0.3 is 0 Å². The number of benzene rings is 1. The number of halogens is 1. The van der Waals surface area contributed by atoms with Gasteiger partial charge in [-0.15, -0.1) is 4.31 Å². The van der Waals surface area contributed by atoms with Crippen LogP contribution in [-0.2, 0) is 11.4 Å². The molecule has 0 N–H and O–H groups in total. The highest BCUT2D eigenvalue weighted by molar-refractivity contribution is 9.10. The summed E-state index contributed by atoms with van der Waals surface area (Å²) in [7, 11) is 0. The monoisotopic (exact) mass is 316 g/mol. The molecule has 1 atom stereocenters. The summed E-state index contributed by atoms with van der Waals surface area (Å²) in [6.07, 6.45) is 0. The second kappa shape index (κ2) is 6.20. The highest BCUT2D eigenvalue weighted by Crippen LogP contribution is 2.19. The van der Waals surface area contributed by atoms with E-state index in [1.807, 2.05) is 24.3 Å². The Morgan fingerprint density at radius 1 is 1.18 bits per heavy atom. The first-order chi connectivity index (χ1) is 8.20. The molecule has 1 aromatic rings. The van der Waals surface area contributed by atoms with Crippen molar-refractivity contribution < 1.29 is 4.55 Å². The Labute approximate surface area is 114 Å². The minimum Gasteiger partial charge on any atom is -0.593 e. The topological polar surface area (TPSA) is 29.5 Å². The zero-order chi connectivity index (χ0) is 12.3. The van der Waals surface area contributed by atoms with E-state index in [0.29, 0.717) is 0 Å². The van der Waals surface area contributed by atoms with Crippen LogP contribution in [0.4, 0.5) is 0 Å². The quantitative estimate of drug-likeness (QED) is 0.800. The van der Waals surface area contributed by atoms with Gasteiger partial charge in [0.15, 0.2) is 4.90 Å². The first kappa shape index (κ1) is 13.4. The van der Waals surface area contributed by atoms with Gasteiger partial charge in [0.25, 0.3) is 0 Å². The van der Waals surface area contributed by atoms with E-state index in [4.69, 9.17) is 0 Å². The lowest BCUT2D eigenvalue weighted by atomic mass is 10.4. The maximum atomic E-state index is 12.3. The van der Waals surface area contributed by atoms with E-state index in [0.717, 1.165) is 42.1 Å². The van der Waals surface area contributed by atoms with Crippen LogP contribution in [0.2, 0.25) is 0 Å². The van der Waals surface area contributed by atoms with Crippen LogP contribution >= 0.6 is 15.9 Å². The van der Waals surface area contributed by atoms with Crippen molar-refractivity contribution in [2.45, 2.75) is 11.8 Å². The van der Waals surface area contributed by atoms with Crippen LogP contribution in [0.3, 0.4) is 0 Å². The number of rotatable bonds is 3. The number of likely N-dealkylation sites (N-methyl/N-ethyl adjacent to an activating group) is 1. The minimum absolute atomic E-state index is 0.885. The van der Waals surface area contributed by atoms with E-state index in [1.165, 1.54) is 0 Å². The molecule has 1 saturated heterocycles. The van der Waals surface area contributed by atoms with Gasteiger partial charge in [0, 0.05) is 17.6 Å². The van der Waals surface area contributed by atoms with Crippen molar-refractivity contribution in [3.05, 3.63) is 28.7 Å². The Kier molecular flexibility index (Phi) is 4.87. The summed E-state index contributed by atoms with van der Waals surface area (Å²) in [5.41, 5.74) is 0. The van der Waals surface area contributed by atoms with Crippen LogP contribution < -0.4 is 0 Å². The van der Waals surface area contributed by atoms with Crippen molar-refractivity contribution in [2.24, 2.45) is 0 Å². The highest BCUT2D eigenvalue weighted by atomic mass is 79.9. The fourth-order valence-corrected chi connectivity index (χ4v) is 3.34. The summed E-state index contributed by atoms with van der Waals surface area (Å²) < 4.78 is 15.4. The summed E-state index contributed by atoms with van der Waals surface area (Å²) in [5.74, 6) is 0. The Morgan fingerprint density at radius 2 is 1.76 bits per heavy atom. The van der Waals surface area contributed by atoms with E-state index in [-0.39, 0.29) is 0 Å². The maximum Gasteiger partial charge on any atom is 0.174 e. The number of hydrogen-bond donors (Lipinski definition) is 0. The van der Waals surface area contributed by atoms with Crippen molar-refractivity contribution in [2.75, 3.05) is 32.7 Å². The lowest BCUT2D eigenvalue weighted by Gasteiger charge is -2.33. The van der Waals surface area contributed by atoms with Gasteiger partial charge in [-0.3, -0.25) is 0 Å². The molecule has 0 spiro atoms. The molecule has 2 rings (SSSR count). The van der Waals surface area contributed by atoms with E-state index in [9.17, 15) is 4.55 Å². The summed E-state index contributed by atoms with van der Waals surface area (Å²) in [4.78, 5) is 3.27. The van der Waals surface area contributed by atoms with Gasteiger partial charge in [0.1, 0.15) is 0 Å². The van der Waals surface area contributed by atoms with Crippen molar-refractivity contribution in [1.82, 2.24) is 9.21 Å². The molecule has 94 valence electrons. The molecule has 17 heavy (non-hydrogen) atoms. The molecule has 3 nitrogen and oxygen atoms in total. The molecule has 0 bridgehead atoms. The summed E-state index contributed by atoms with van der Waals surface area (Å²) in [5, 5.41) is 0. The molecular formula is C12H17BrN2OS. The largest absolute Gasteiger partial charge is 0.593 e. The van der Waals surface area contributed by atoms with Gasteiger partial charge in [-0.1, -0.05) is 22.9 Å². The maximum absolute atomic E-state index is 12.3. The molecule has 1 fully saturated rings. The Hall–Kier alpha value is -0.0700. The van der Waals surface area contributed by atoms with Crippen LogP contribution in [0.15, 0.2) is 33.6 Å². The molecule has 1 unspecified atom stereocenters. The Balaban J connectivity index is 1.96. The van der Waals surface area contributed by atoms with Gasteiger partial charge in [-0.05, 0) is 30.8 Å². The predicted octanol–water partition coefficient (Wildman–Crippen LogP) is 2.11. The molecule has 0 radical (unpaired) electrons. The number of nitrogens with zero attached hydrogens (tertiary/aromatic N) is 2. The second-order valence-corrected chi connectivity index (χ2v) is 6.47. The van der Waals surface area contributed by atoms with Gasteiger partial charge in [0.05, 0.1) is 24.5 Å². The van der Waals surface area contributed by atoms with Gasteiger partial charge < -0.3 is 9.45 Å². The molecular weight excluding hydrogens is 300 g/mol. The minimum atomic E-state index is -1.01. The third-order valence-corrected chi connectivity index (χ3v) is 5.07. The van der Waals surface area contributed by atoms with Crippen LogP contribution in [0.5, 0.6) is 0 Å². The highest BCUT2D eigenvalue weighted by Gasteiger charge is 2.26. The van der Waals surface area contributed by atoms with Crippen molar-refractivity contribution in [1.29, 1.82) is 0 Å². The standard InChI is InChI=1S/C12H17BrN2OS/c1-2-14-7-9-15(10-8-14)17(16)12-5-3-11(13)4-6-12/h3-6H,2,7-10H2,1H3. The van der Waals surface area contributed by atoms with Crippen LogP contribution in [0.25, 0.3) is 0 Å². The predicted molar refractivity (Wildman–Crippen MR) is 74.2 cm³/mol. The third-order valence-electron chi connectivity index (χ3n) is 3.03. The molecule has 0 aromatic heterocycles. The second-order valence-electron chi connectivity index (χ2n) is 4.07. The summed E-state index contributed by atoms with van der Waals surface area (Å²) in [6, 6.07) is 7.73. The van der Waals surface area contributed by atoms with Crippen molar-refractivity contribution in [3.8, 4) is 0 Å². The number of piperazine rings is 1. The van der Waals surface area contributed by atoms with E-state index in [1.54, 1.807) is 0 Å². The zero-order valence-corrected chi connectivity index (χ0v) is 12.3. The molecule has 0 saturated carbocycles. The fraction of sp³-hybridized carbons (Fsp3) is 0.500. The van der Waals surface area contributed by atoms with Gasteiger partial charge in [0.2, 0.25) is 0 Å². The molecule has 0 amide bonds. The lowest BCUT2D eigenvalue weighted by molar-refractivity contribution is 0.196. The van der Waals surface area contributed by atoms with Gasteiger partial charge in [-0.25, -0.2) is 0 Å². The van der Waals surface area contributed by atoms with E-state index in [2.05, 4.69) is 32.1 Å². The van der Waals surface area contributed by atoms with Gasteiger partial charge in [-0.2, -0.15) is 0 Å². The summed E-state index contributed by atoms with van der Waals surface area (Å²) >= 11 is 2.38. The fourth-order valence-electron chi connectivity index (χ4n) is 1.91. The molecule has 1 aliphatic rings. The molecule has 5 heteroatoms. The van der Waals surface area contributed by atoms with E-state index >= 15 is 0 Å².